The highest BCUT2D eigenvalue weighted by molar-refractivity contribution is 5.83. The van der Waals surface area contributed by atoms with Crippen molar-refractivity contribution in [1.82, 2.24) is 0 Å². The maximum atomic E-state index is 14.1. The van der Waals surface area contributed by atoms with Crippen molar-refractivity contribution in [2.75, 3.05) is 13.1 Å². The number of allylic oxidation sites excluding steroid dienone is 1. The first kappa shape index (κ1) is 25.1. The maximum Gasteiger partial charge on any atom is 0.0975 e. The molecule has 2 heterocycles. The van der Waals surface area contributed by atoms with E-state index in [0.717, 1.165) is 64.5 Å². The minimum atomic E-state index is -0.199. The number of hydroxylamine groups is 3. The monoisotopic (exact) mass is 511 g/mol. The molecule has 3 aliphatic carbocycles. The fourth-order valence-electron chi connectivity index (χ4n) is 9.99. The van der Waals surface area contributed by atoms with Gasteiger partial charge in [-0.3, -0.25) is 0 Å². The predicted molar refractivity (Wildman–Crippen MR) is 156 cm³/mol. The number of benzene rings is 2. The van der Waals surface area contributed by atoms with Crippen molar-refractivity contribution in [2.24, 2.45) is 11.3 Å². The van der Waals surface area contributed by atoms with E-state index in [9.17, 15) is 5.21 Å². The number of ether oxygens (including phenoxy) is 1. The van der Waals surface area contributed by atoms with Crippen LogP contribution in [0, 0.1) is 16.5 Å². The fraction of sp³-hybridized carbons (Fsp3) is 0.600. The summed E-state index contributed by atoms with van der Waals surface area (Å²) >= 11 is 0. The molecule has 3 nitrogen and oxygen atoms in total. The molecule has 2 bridgehead atoms. The summed E-state index contributed by atoms with van der Waals surface area (Å²) in [5.74, 6) is 1.11. The predicted octanol–water partition coefficient (Wildman–Crippen LogP) is 8.58. The second-order valence-corrected chi connectivity index (χ2v) is 13.6. The van der Waals surface area contributed by atoms with Crippen molar-refractivity contribution in [3.05, 3.63) is 76.5 Å². The van der Waals surface area contributed by atoms with Gasteiger partial charge < -0.3 is 14.6 Å². The highest BCUT2D eigenvalue weighted by Gasteiger charge is 2.67. The molecule has 0 N–H and O–H groups in total. The van der Waals surface area contributed by atoms with Gasteiger partial charge >= 0.3 is 0 Å². The lowest BCUT2D eigenvalue weighted by molar-refractivity contribution is -0.907. The van der Waals surface area contributed by atoms with E-state index in [1.807, 2.05) is 0 Å². The van der Waals surface area contributed by atoms with E-state index in [-0.39, 0.29) is 27.3 Å². The molecule has 2 aliphatic heterocycles. The van der Waals surface area contributed by atoms with Crippen LogP contribution in [0.15, 0.2) is 65.8 Å². The Morgan fingerprint density at radius 1 is 0.974 bits per heavy atom. The Morgan fingerprint density at radius 3 is 2.55 bits per heavy atom. The van der Waals surface area contributed by atoms with Crippen LogP contribution in [0.4, 0.5) is 0 Å². The van der Waals surface area contributed by atoms with Gasteiger partial charge in [-0.1, -0.05) is 75.4 Å². The molecule has 7 rings (SSSR count). The van der Waals surface area contributed by atoms with Gasteiger partial charge in [-0.25, -0.2) is 0 Å². The van der Waals surface area contributed by atoms with E-state index in [0.29, 0.717) is 11.8 Å². The largest absolute Gasteiger partial charge is 0.633 e. The quantitative estimate of drug-likeness (QED) is 0.287. The van der Waals surface area contributed by atoms with Crippen molar-refractivity contribution in [2.45, 2.75) is 108 Å². The standard InChI is InChI=1S/C35H45NO2/c1-4-20-36(37,21-5-2)30-13-12-28-23-29-16-17-33(3)31(27-11-10-25-8-6-7-9-26(25)22-27)14-15-32(33)35(29)19-18-34(28,24-30)38-35/h6-11,16,22-23,30-32H,4-5,12-15,17-21,24H2,1-3H3/t30-,31-,32-,33-,34-,35-/m1/s1. The van der Waals surface area contributed by atoms with Gasteiger partial charge in [0.05, 0.1) is 30.3 Å². The zero-order chi connectivity index (χ0) is 26.2. The molecule has 2 aromatic rings. The van der Waals surface area contributed by atoms with Crippen LogP contribution < -0.4 is 0 Å². The first-order valence-corrected chi connectivity index (χ1v) is 15.5. The average molecular weight is 512 g/mol. The molecule has 2 saturated carbocycles. The minimum Gasteiger partial charge on any atom is -0.633 e. The Kier molecular flexibility index (Phi) is 5.79. The smallest absolute Gasteiger partial charge is 0.0975 e. The van der Waals surface area contributed by atoms with Crippen LogP contribution in [0.1, 0.15) is 96.5 Å². The van der Waals surface area contributed by atoms with Gasteiger partial charge in [0.25, 0.3) is 0 Å². The first-order valence-electron chi connectivity index (χ1n) is 15.5. The number of rotatable bonds is 6. The van der Waals surface area contributed by atoms with Gasteiger partial charge in [-0.2, -0.15) is 0 Å². The summed E-state index contributed by atoms with van der Waals surface area (Å²) < 4.78 is 7.50. The molecule has 5 aliphatic rings. The summed E-state index contributed by atoms with van der Waals surface area (Å²) in [5.41, 5.74) is 4.34. The fourth-order valence-corrected chi connectivity index (χ4v) is 9.99. The van der Waals surface area contributed by atoms with E-state index in [1.165, 1.54) is 40.3 Å². The van der Waals surface area contributed by atoms with Crippen LogP contribution in [0.3, 0.4) is 0 Å². The van der Waals surface area contributed by atoms with Gasteiger partial charge in [-0.15, -0.1) is 0 Å². The molecule has 0 unspecified atom stereocenters. The topological polar surface area (TPSA) is 32.3 Å². The maximum absolute atomic E-state index is 14.1. The normalized spacial score (nSPS) is 37.8. The summed E-state index contributed by atoms with van der Waals surface area (Å²) in [6, 6.07) is 16.1. The molecular weight excluding hydrogens is 466 g/mol. The molecule has 202 valence electrons. The molecule has 0 aromatic heterocycles. The molecule has 6 atom stereocenters. The lowest BCUT2D eigenvalue weighted by Gasteiger charge is -2.57. The molecule has 2 spiro atoms. The second kappa shape index (κ2) is 8.78. The van der Waals surface area contributed by atoms with Crippen molar-refractivity contribution in [1.29, 1.82) is 0 Å². The average Bonchev–Trinajstić information content (AvgIpc) is 3.43. The van der Waals surface area contributed by atoms with Crippen molar-refractivity contribution >= 4 is 10.8 Å². The van der Waals surface area contributed by atoms with Crippen LogP contribution in [-0.4, -0.2) is 35.0 Å². The summed E-state index contributed by atoms with van der Waals surface area (Å²) in [7, 11) is 0. The third kappa shape index (κ3) is 3.44. The molecule has 38 heavy (non-hydrogen) atoms. The minimum absolute atomic E-state index is 0.00767. The van der Waals surface area contributed by atoms with E-state index in [2.05, 4.69) is 75.4 Å². The Morgan fingerprint density at radius 2 is 1.76 bits per heavy atom. The summed E-state index contributed by atoms with van der Waals surface area (Å²) in [6.45, 7) is 8.39. The Labute approximate surface area is 229 Å². The Bertz CT molecular complexity index is 1300. The van der Waals surface area contributed by atoms with Crippen molar-refractivity contribution < 1.29 is 9.38 Å². The van der Waals surface area contributed by atoms with Crippen LogP contribution in [0.5, 0.6) is 0 Å². The second-order valence-electron chi connectivity index (χ2n) is 13.6. The van der Waals surface area contributed by atoms with Crippen LogP contribution >= 0.6 is 0 Å². The summed E-state index contributed by atoms with van der Waals surface area (Å²) in [4.78, 5) is 0. The summed E-state index contributed by atoms with van der Waals surface area (Å²) in [6.07, 6.45) is 15.9. The van der Waals surface area contributed by atoms with Crippen molar-refractivity contribution in [3.63, 3.8) is 0 Å². The van der Waals surface area contributed by atoms with Gasteiger partial charge in [0.15, 0.2) is 0 Å². The molecule has 3 fully saturated rings. The Hall–Kier alpha value is -1.94. The van der Waals surface area contributed by atoms with Gasteiger partial charge in [-0.05, 0) is 96.1 Å². The van der Waals surface area contributed by atoms with E-state index in [4.69, 9.17) is 4.74 Å². The number of hydrogen-bond acceptors (Lipinski definition) is 2. The molecule has 3 heteroatoms. The lowest BCUT2D eigenvalue weighted by Crippen LogP contribution is -2.59. The number of nitrogens with zero attached hydrogens (tertiary/aromatic N) is 1. The zero-order valence-electron chi connectivity index (χ0n) is 23.7. The third-order valence-electron chi connectivity index (χ3n) is 11.7. The number of hydrogen-bond donors (Lipinski definition) is 0. The van der Waals surface area contributed by atoms with E-state index >= 15 is 0 Å². The molecule has 2 aromatic carbocycles. The lowest BCUT2D eigenvalue weighted by atomic mass is 9.58. The van der Waals surface area contributed by atoms with Crippen molar-refractivity contribution in [3.8, 4) is 0 Å². The molecule has 0 amide bonds. The van der Waals surface area contributed by atoms with Gasteiger partial charge in [0, 0.05) is 12.8 Å². The van der Waals surface area contributed by atoms with Crippen LogP contribution in [-0.2, 0) is 4.74 Å². The van der Waals surface area contributed by atoms with Gasteiger partial charge in [0.1, 0.15) is 0 Å². The molecule has 1 saturated heterocycles. The molecule has 0 radical (unpaired) electrons. The first-order chi connectivity index (χ1) is 18.4. The zero-order valence-corrected chi connectivity index (χ0v) is 23.7. The van der Waals surface area contributed by atoms with Crippen LogP contribution in [0.2, 0.25) is 0 Å². The number of fused-ring (bicyclic) bond motifs is 2. The highest BCUT2D eigenvalue weighted by atomic mass is 16.6. The SMILES string of the molecule is CCC[N+]([O-])(CCC)[C@@H]1CCC2=CC3=CC[C@]4(C)[C@@H](c5ccc6ccccc6c5)CC[C@H]4[C@@]34CC[C@]2(C1)O4. The summed E-state index contributed by atoms with van der Waals surface area (Å²) in [5, 5.41) is 16.7. The Balaban J connectivity index is 1.22. The van der Waals surface area contributed by atoms with E-state index in [1.54, 1.807) is 0 Å². The number of quaternary nitrogens is 1. The van der Waals surface area contributed by atoms with E-state index < -0.39 is 0 Å². The molecular formula is C35H45NO2. The van der Waals surface area contributed by atoms with Crippen LogP contribution in [0.25, 0.3) is 10.8 Å². The van der Waals surface area contributed by atoms with Gasteiger partial charge in [0.2, 0.25) is 0 Å². The third-order valence-corrected chi connectivity index (χ3v) is 11.7. The highest BCUT2D eigenvalue weighted by Crippen LogP contribution is 2.69.